The molecule has 0 radical (unpaired) electrons. The summed E-state index contributed by atoms with van der Waals surface area (Å²) >= 11 is 0. The summed E-state index contributed by atoms with van der Waals surface area (Å²) in [6.07, 6.45) is 0.340. The van der Waals surface area contributed by atoms with Gasteiger partial charge in [-0.25, -0.2) is 17.2 Å². The van der Waals surface area contributed by atoms with E-state index in [0.29, 0.717) is 12.2 Å². The van der Waals surface area contributed by atoms with Gasteiger partial charge in [-0.2, -0.15) is 0 Å². The SMILES string of the molecule is CC.CCC(=N)C(C)(C)S(=O)(=O)Cc1cc(OC)ccc1F.CCOC.Fc1ccccc1. The Morgan fingerprint density at radius 3 is 1.88 bits per heavy atom. The van der Waals surface area contributed by atoms with E-state index in [2.05, 4.69) is 4.74 Å². The fourth-order valence-electron chi connectivity index (χ4n) is 2.20. The Morgan fingerprint density at radius 1 is 1.00 bits per heavy atom. The van der Waals surface area contributed by atoms with Crippen LogP contribution in [0, 0.1) is 17.0 Å². The highest BCUT2D eigenvalue weighted by Crippen LogP contribution is 2.26. The fourth-order valence-corrected chi connectivity index (χ4v) is 3.71. The second kappa shape index (κ2) is 17.2. The average molecular weight is 488 g/mol. The van der Waals surface area contributed by atoms with Gasteiger partial charge in [-0.1, -0.05) is 39.0 Å². The Hall–Kier alpha value is -2.32. The van der Waals surface area contributed by atoms with Crippen molar-refractivity contribution in [3.63, 3.8) is 0 Å². The van der Waals surface area contributed by atoms with Crippen LogP contribution in [0.4, 0.5) is 8.78 Å². The molecule has 2 aromatic rings. The number of sulfone groups is 1. The molecular weight excluding hydrogens is 448 g/mol. The minimum Gasteiger partial charge on any atom is -0.497 e. The molecule has 8 heteroatoms. The molecule has 0 fully saturated rings. The quantitative estimate of drug-likeness (QED) is 0.455. The fraction of sp³-hybridized carbons (Fsp3) is 0.480. The zero-order valence-electron chi connectivity index (χ0n) is 21.0. The van der Waals surface area contributed by atoms with Gasteiger partial charge in [0.05, 0.1) is 12.9 Å². The Kier molecular flexibility index (Phi) is 17.1. The molecule has 0 unspecified atom stereocenters. The molecule has 0 saturated carbocycles. The van der Waals surface area contributed by atoms with E-state index in [1.807, 2.05) is 20.8 Å². The van der Waals surface area contributed by atoms with E-state index < -0.39 is 26.2 Å². The molecular formula is C25H39F2NO4S. The van der Waals surface area contributed by atoms with Gasteiger partial charge in [0.25, 0.3) is 0 Å². The predicted molar refractivity (Wildman–Crippen MR) is 133 cm³/mol. The van der Waals surface area contributed by atoms with Gasteiger partial charge >= 0.3 is 0 Å². The molecule has 0 aliphatic heterocycles. The molecule has 0 spiro atoms. The van der Waals surface area contributed by atoms with Gasteiger partial charge in [0, 0.05) is 25.0 Å². The first-order chi connectivity index (χ1) is 15.5. The second-order valence-corrected chi connectivity index (χ2v) is 9.47. The number of halogens is 2. The van der Waals surface area contributed by atoms with Crippen LogP contribution in [0.2, 0.25) is 0 Å². The summed E-state index contributed by atoms with van der Waals surface area (Å²) in [7, 11) is -0.578. The Labute approximate surface area is 198 Å². The largest absolute Gasteiger partial charge is 0.497 e. The van der Waals surface area contributed by atoms with Crippen LogP contribution in [0.25, 0.3) is 0 Å². The topological polar surface area (TPSA) is 76.5 Å². The molecule has 2 aromatic carbocycles. The lowest BCUT2D eigenvalue weighted by Crippen LogP contribution is -2.40. The maximum Gasteiger partial charge on any atom is 0.165 e. The van der Waals surface area contributed by atoms with Crippen LogP contribution in [0.1, 0.15) is 53.5 Å². The van der Waals surface area contributed by atoms with Crippen molar-refractivity contribution in [3.8, 4) is 5.75 Å². The molecule has 0 amide bonds. The van der Waals surface area contributed by atoms with E-state index in [9.17, 15) is 17.2 Å². The van der Waals surface area contributed by atoms with E-state index in [1.54, 1.807) is 32.2 Å². The van der Waals surface area contributed by atoms with Gasteiger partial charge < -0.3 is 14.9 Å². The third-order valence-corrected chi connectivity index (χ3v) is 6.97. The molecule has 0 aliphatic carbocycles. The van der Waals surface area contributed by atoms with E-state index in [-0.39, 0.29) is 17.1 Å². The van der Waals surface area contributed by atoms with Crippen LogP contribution in [-0.2, 0) is 20.3 Å². The van der Waals surface area contributed by atoms with Crippen LogP contribution in [0.3, 0.4) is 0 Å². The van der Waals surface area contributed by atoms with Crippen LogP contribution in [-0.4, -0.2) is 39.7 Å². The molecule has 2 rings (SSSR count). The van der Waals surface area contributed by atoms with E-state index in [1.165, 1.54) is 51.3 Å². The summed E-state index contributed by atoms with van der Waals surface area (Å²) in [6.45, 7) is 11.5. The normalized spacial score (nSPS) is 10.4. The van der Waals surface area contributed by atoms with E-state index in [4.69, 9.17) is 10.1 Å². The summed E-state index contributed by atoms with van der Waals surface area (Å²) in [6, 6.07) is 11.9. The smallest absolute Gasteiger partial charge is 0.165 e. The third-order valence-electron chi connectivity index (χ3n) is 4.48. The summed E-state index contributed by atoms with van der Waals surface area (Å²) in [5.41, 5.74) is 0.169. The van der Waals surface area contributed by atoms with Crippen molar-refractivity contribution in [2.24, 2.45) is 0 Å². The first-order valence-corrected chi connectivity index (χ1v) is 12.4. The second-order valence-electron chi connectivity index (χ2n) is 6.93. The highest BCUT2D eigenvalue weighted by Gasteiger charge is 2.38. The van der Waals surface area contributed by atoms with Crippen molar-refractivity contribution in [3.05, 3.63) is 65.7 Å². The van der Waals surface area contributed by atoms with Crippen LogP contribution < -0.4 is 4.74 Å². The zero-order chi connectivity index (χ0) is 26.1. The molecule has 0 bridgehead atoms. The summed E-state index contributed by atoms with van der Waals surface area (Å²) in [4.78, 5) is 0. The minimum absolute atomic E-state index is 0.0568. The molecule has 0 heterocycles. The van der Waals surface area contributed by atoms with Crippen molar-refractivity contribution in [1.82, 2.24) is 0 Å². The van der Waals surface area contributed by atoms with Gasteiger partial charge in [-0.15, -0.1) is 0 Å². The number of nitrogens with one attached hydrogen (secondary N) is 1. The lowest BCUT2D eigenvalue weighted by atomic mass is 10.1. The van der Waals surface area contributed by atoms with Gasteiger partial charge in [-0.3, -0.25) is 0 Å². The number of ether oxygens (including phenoxy) is 2. The van der Waals surface area contributed by atoms with Gasteiger partial charge in [-0.05, 0) is 57.5 Å². The molecule has 0 atom stereocenters. The lowest BCUT2D eigenvalue weighted by molar-refractivity contribution is 0.215. The van der Waals surface area contributed by atoms with Crippen molar-refractivity contribution in [2.75, 3.05) is 20.8 Å². The molecule has 0 aliphatic rings. The molecule has 0 aromatic heterocycles. The van der Waals surface area contributed by atoms with Crippen molar-refractivity contribution >= 4 is 15.5 Å². The zero-order valence-corrected chi connectivity index (χ0v) is 21.9. The predicted octanol–water partition coefficient (Wildman–Crippen LogP) is 6.46. The maximum atomic E-state index is 13.7. The summed E-state index contributed by atoms with van der Waals surface area (Å²) in [5.74, 6) is -0.818. The minimum atomic E-state index is -3.69. The first kappa shape index (κ1) is 32.9. The molecule has 0 saturated heterocycles. The molecule has 1 N–H and O–H groups in total. The number of methoxy groups -OCH3 is 2. The number of hydrogen-bond donors (Lipinski definition) is 1. The Bertz CT molecular complexity index is 900. The maximum absolute atomic E-state index is 13.7. The van der Waals surface area contributed by atoms with Gasteiger partial charge in [0.1, 0.15) is 22.1 Å². The van der Waals surface area contributed by atoms with Crippen molar-refractivity contribution in [2.45, 2.75) is 58.5 Å². The Balaban J connectivity index is 0. The third kappa shape index (κ3) is 11.9. The van der Waals surface area contributed by atoms with E-state index in [0.717, 1.165) is 6.61 Å². The average Bonchev–Trinajstić information content (AvgIpc) is 2.82. The van der Waals surface area contributed by atoms with E-state index >= 15 is 0 Å². The highest BCUT2D eigenvalue weighted by molar-refractivity contribution is 7.92. The molecule has 188 valence electrons. The summed E-state index contributed by atoms with van der Waals surface area (Å²) in [5, 5.41) is 7.80. The van der Waals surface area contributed by atoms with Crippen LogP contribution in [0.5, 0.6) is 5.75 Å². The summed E-state index contributed by atoms with van der Waals surface area (Å²) < 4.78 is 58.7. The number of benzene rings is 2. The molecule has 5 nitrogen and oxygen atoms in total. The number of rotatable bonds is 7. The monoisotopic (exact) mass is 487 g/mol. The van der Waals surface area contributed by atoms with Crippen LogP contribution in [0.15, 0.2) is 48.5 Å². The first-order valence-electron chi connectivity index (χ1n) is 10.8. The van der Waals surface area contributed by atoms with Crippen LogP contribution >= 0.6 is 0 Å². The standard InChI is InChI=1S/C14H20FNO3S.C6H5F.C3H8O.C2H6/c1-5-13(16)14(2,3)20(17,18)9-10-8-11(19-4)6-7-12(10)15;7-6-4-2-1-3-5-6;1-3-4-2;1-2/h6-8,16H,5,9H2,1-4H3;1-5H;3H2,1-2H3;1-2H3. The van der Waals surface area contributed by atoms with Crippen molar-refractivity contribution in [1.29, 1.82) is 5.41 Å². The molecule has 33 heavy (non-hydrogen) atoms. The van der Waals surface area contributed by atoms with Crippen molar-refractivity contribution < 1.29 is 26.7 Å². The lowest BCUT2D eigenvalue weighted by Gasteiger charge is -2.25. The van der Waals surface area contributed by atoms with Gasteiger partial charge in [0.15, 0.2) is 9.84 Å². The van der Waals surface area contributed by atoms with Gasteiger partial charge in [0.2, 0.25) is 0 Å². The highest BCUT2D eigenvalue weighted by atomic mass is 32.2. The number of hydrogen-bond acceptors (Lipinski definition) is 5. The Morgan fingerprint density at radius 2 is 1.52 bits per heavy atom.